The Balaban J connectivity index is 0.00000116. The van der Waals surface area contributed by atoms with E-state index >= 15 is 0 Å². The molecule has 160 valence electrons. The molecule has 1 heterocycles. The molecule has 0 radical (unpaired) electrons. The molecule has 29 heavy (non-hydrogen) atoms. The highest BCUT2D eigenvalue weighted by Crippen LogP contribution is 2.18. The van der Waals surface area contributed by atoms with E-state index < -0.39 is 6.43 Å². The highest BCUT2D eigenvalue weighted by molar-refractivity contribution is 9.10. The molecular weight excluding hydrogens is 453 g/mol. The van der Waals surface area contributed by atoms with Gasteiger partial charge in [-0.3, -0.25) is 9.18 Å². The maximum absolute atomic E-state index is 12.1. The summed E-state index contributed by atoms with van der Waals surface area (Å²) in [5, 5.41) is 2.78. The van der Waals surface area contributed by atoms with Gasteiger partial charge < -0.3 is 15.8 Å². The van der Waals surface area contributed by atoms with E-state index in [2.05, 4.69) is 31.2 Å². The minimum absolute atomic E-state index is 0.274. The molecule has 0 aliphatic carbocycles. The first-order valence-electron chi connectivity index (χ1n) is 8.41. The Morgan fingerprint density at radius 1 is 1.31 bits per heavy atom. The molecule has 0 unspecified atom stereocenters. The smallest absolute Gasteiger partial charge is 0.274 e. The number of carbonyl (C=O) groups excluding carboxylic acids is 1. The van der Waals surface area contributed by atoms with E-state index in [0.717, 1.165) is 11.4 Å². The standard InChI is InChI=1S/C16H17BrN4O2.C2H4F2.CH3F/c1-2-23-10-15(18)20-12-4-3-5-13(8-12)21-16(22)14-7-6-11(17)9-19-14;1-2(3)4;1-2/h3-9H,2,10H2,1H3,(H2,18,20)(H,21,22);2H,1H3;1H3. The van der Waals surface area contributed by atoms with Gasteiger partial charge in [0.2, 0.25) is 6.43 Å². The number of nitrogens with zero attached hydrogens (tertiary/aromatic N) is 2. The van der Waals surface area contributed by atoms with Crippen LogP contribution in [0.25, 0.3) is 0 Å². The molecule has 2 rings (SSSR count). The lowest BCUT2D eigenvalue weighted by atomic mass is 10.2. The maximum atomic E-state index is 12.1. The van der Waals surface area contributed by atoms with Crippen LogP contribution in [0.2, 0.25) is 0 Å². The summed E-state index contributed by atoms with van der Waals surface area (Å²) in [6, 6.07) is 10.5. The Hall–Kier alpha value is -2.46. The monoisotopic (exact) mass is 476 g/mol. The first kappa shape index (κ1) is 26.5. The minimum atomic E-state index is -2.17. The van der Waals surface area contributed by atoms with E-state index in [0.29, 0.717) is 36.7 Å². The van der Waals surface area contributed by atoms with Gasteiger partial charge in [-0.05, 0) is 60.1 Å². The second-order valence-electron chi connectivity index (χ2n) is 5.13. The molecule has 1 aromatic carbocycles. The van der Waals surface area contributed by atoms with E-state index in [1.165, 1.54) is 0 Å². The van der Waals surface area contributed by atoms with Crippen LogP contribution in [0, 0.1) is 0 Å². The zero-order valence-corrected chi connectivity index (χ0v) is 17.9. The minimum Gasteiger partial charge on any atom is -0.385 e. The first-order chi connectivity index (χ1) is 13.8. The summed E-state index contributed by atoms with van der Waals surface area (Å²) in [7, 11) is 0.500. The third-order valence-corrected chi connectivity index (χ3v) is 3.26. The number of benzene rings is 1. The first-order valence-corrected chi connectivity index (χ1v) is 9.20. The molecule has 1 amide bonds. The lowest BCUT2D eigenvalue weighted by Gasteiger charge is -2.06. The van der Waals surface area contributed by atoms with Crippen molar-refractivity contribution in [3.05, 3.63) is 52.8 Å². The average Bonchev–Trinajstić information content (AvgIpc) is 2.68. The molecular formula is C19H24BrF3N4O2. The summed E-state index contributed by atoms with van der Waals surface area (Å²) in [4.78, 5) is 20.4. The van der Waals surface area contributed by atoms with E-state index in [-0.39, 0.29) is 12.5 Å². The van der Waals surface area contributed by atoms with E-state index in [1.54, 1.807) is 42.6 Å². The van der Waals surface area contributed by atoms with Gasteiger partial charge in [0.1, 0.15) is 18.1 Å². The van der Waals surface area contributed by atoms with Gasteiger partial charge in [-0.1, -0.05) is 6.07 Å². The van der Waals surface area contributed by atoms with Gasteiger partial charge in [0.25, 0.3) is 5.91 Å². The Bertz CT molecular complexity index is 757. The van der Waals surface area contributed by atoms with Gasteiger partial charge in [-0.25, -0.2) is 18.8 Å². The highest BCUT2D eigenvalue weighted by Gasteiger charge is 2.07. The third-order valence-electron chi connectivity index (χ3n) is 2.79. The summed E-state index contributed by atoms with van der Waals surface area (Å²) in [6.07, 6.45) is -0.593. The number of aromatic nitrogens is 1. The van der Waals surface area contributed by atoms with Crippen molar-refractivity contribution in [3.8, 4) is 0 Å². The molecule has 0 saturated carbocycles. The summed E-state index contributed by atoms with van der Waals surface area (Å²) < 4.78 is 36.2. The molecule has 0 bridgehead atoms. The van der Waals surface area contributed by atoms with Crippen molar-refractivity contribution in [1.29, 1.82) is 0 Å². The van der Waals surface area contributed by atoms with E-state index in [4.69, 9.17) is 10.5 Å². The van der Waals surface area contributed by atoms with E-state index in [1.807, 2.05) is 6.92 Å². The van der Waals surface area contributed by atoms with Crippen molar-refractivity contribution in [1.82, 2.24) is 4.98 Å². The lowest BCUT2D eigenvalue weighted by Crippen LogP contribution is -2.18. The number of hydrogen-bond acceptors (Lipinski definition) is 4. The highest BCUT2D eigenvalue weighted by atomic mass is 79.9. The van der Waals surface area contributed by atoms with Gasteiger partial charge in [0.05, 0.1) is 12.9 Å². The third kappa shape index (κ3) is 12.6. The fourth-order valence-corrected chi connectivity index (χ4v) is 2.00. The number of hydrogen-bond donors (Lipinski definition) is 2. The quantitative estimate of drug-likeness (QED) is 0.454. The van der Waals surface area contributed by atoms with E-state index in [9.17, 15) is 18.0 Å². The molecule has 0 aliphatic rings. The molecule has 0 fully saturated rings. The van der Waals surface area contributed by atoms with Crippen molar-refractivity contribution in [3.63, 3.8) is 0 Å². The number of amides is 1. The zero-order valence-electron chi connectivity index (χ0n) is 16.3. The summed E-state index contributed by atoms with van der Waals surface area (Å²) in [6.45, 7) is 3.57. The number of carbonyl (C=O) groups is 1. The van der Waals surface area contributed by atoms with Crippen molar-refractivity contribution in [2.45, 2.75) is 20.3 Å². The number of pyridine rings is 1. The van der Waals surface area contributed by atoms with Gasteiger partial charge in [0.15, 0.2) is 0 Å². The van der Waals surface area contributed by atoms with Crippen molar-refractivity contribution in [2.24, 2.45) is 10.7 Å². The lowest BCUT2D eigenvalue weighted by molar-refractivity contribution is 0.102. The number of anilines is 1. The summed E-state index contributed by atoms with van der Waals surface area (Å²) >= 11 is 3.28. The van der Waals surface area contributed by atoms with Crippen LogP contribution in [0.15, 0.2) is 52.1 Å². The van der Waals surface area contributed by atoms with Crippen LogP contribution in [0.1, 0.15) is 24.3 Å². The SMILES string of the molecule is CC(F)F.CCOCC(N)=Nc1cccc(NC(=O)c2ccc(Br)cn2)c1.CF. The molecule has 0 atom stereocenters. The molecule has 6 nitrogen and oxygen atoms in total. The molecule has 1 aromatic heterocycles. The summed E-state index contributed by atoms with van der Waals surface area (Å²) in [5.41, 5.74) is 7.36. The Kier molecular flexibility index (Phi) is 14.1. The second kappa shape index (κ2) is 15.5. The van der Waals surface area contributed by atoms with Crippen LogP contribution >= 0.6 is 15.9 Å². The van der Waals surface area contributed by atoms with Gasteiger partial charge in [-0.2, -0.15) is 0 Å². The Labute approximate surface area is 176 Å². The van der Waals surface area contributed by atoms with Crippen molar-refractivity contribution < 1.29 is 22.7 Å². The molecule has 0 aliphatic heterocycles. The molecule has 10 heteroatoms. The predicted molar refractivity (Wildman–Crippen MR) is 113 cm³/mol. The maximum Gasteiger partial charge on any atom is 0.274 e. The van der Waals surface area contributed by atoms with Crippen LogP contribution in [0.3, 0.4) is 0 Å². The van der Waals surface area contributed by atoms with Gasteiger partial charge in [-0.15, -0.1) is 0 Å². The van der Waals surface area contributed by atoms with Crippen molar-refractivity contribution >= 4 is 39.0 Å². The molecule has 3 N–H and O–H groups in total. The second-order valence-corrected chi connectivity index (χ2v) is 6.04. The largest absolute Gasteiger partial charge is 0.385 e. The van der Waals surface area contributed by atoms with Gasteiger partial charge in [0, 0.05) is 23.0 Å². The fraction of sp³-hybridized carbons (Fsp3) is 0.316. The number of nitrogens with one attached hydrogen (secondary N) is 1. The number of alkyl halides is 3. The molecule has 0 saturated heterocycles. The number of amidine groups is 1. The molecule has 0 spiro atoms. The van der Waals surface area contributed by atoms with Crippen molar-refractivity contribution in [2.75, 3.05) is 25.7 Å². The number of ether oxygens (including phenoxy) is 1. The van der Waals surface area contributed by atoms with Crippen LogP contribution in [-0.2, 0) is 4.74 Å². The normalized spacial score (nSPS) is 10.4. The molecule has 2 aromatic rings. The fourth-order valence-electron chi connectivity index (χ4n) is 1.76. The number of rotatable bonds is 6. The zero-order chi connectivity index (χ0) is 22.2. The van der Waals surface area contributed by atoms with Crippen LogP contribution in [-0.4, -0.2) is 43.5 Å². The van der Waals surface area contributed by atoms with Crippen LogP contribution in [0.5, 0.6) is 0 Å². The van der Waals surface area contributed by atoms with Crippen LogP contribution < -0.4 is 11.1 Å². The average molecular weight is 477 g/mol. The number of halogens is 4. The Morgan fingerprint density at radius 2 is 1.97 bits per heavy atom. The van der Waals surface area contributed by atoms with Crippen LogP contribution in [0.4, 0.5) is 24.5 Å². The topological polar surface area (TPSA) is 89.6 Å². The Morgan fingerprint density at radius 3 is 2.52 bits per heavy atom. The summed E-state index contributed by atoms with van der Waals surface area (Å²) in [5.74, 6) is 0.0887. The number of aliphatic imine (C=N–C) groups is 1. The predicted octanol–water partition coefficient (Wildman–Crippen LogP) is 4.98. The number of nitrogens with two attached hydrogens (primary N) is 1. The van der Waals surface area contributed by atoms with Gasteiger partial charge >= 0.3 is 0 Å².